The molecule has 0 saturated heterocycles. The van der Waals surface area contributed by atoms with Crippen LogP contribution in [0.2, 0.25) is 0 Å². The highest BCUT2D eigenvalue weighted by Gasteiger charge is 2.24. The molecule has 1 atom stereocenters. The number of nitrogens with zero attached hydrogens (tertiary/aromatic N) is 1. The Balaban J connectivity index is 1.43. The van der Waals surface area contributed by atoms with E-state index < -0.39 is 18.0 Å². The summed E-state index contributed by atoms with van der Waals surface area (Å²) >= 11 is 1.18. The summed E-state index contributed by atoms with van der Waals surface area (Å²) in [5.41, 5.74) is 1.80. The van der Waals surface area contributed by atoms with Crippen molar-refractivity contribution < 1.29 is 33.3 Å². The van der Waals surface area contributed by atoms with Crippen LogP contribution >= 0.6 is 11.3 Å². The van der Waals surface area contributed by atoms with Crippen LogP contribution in [0.5, 0.6) is 23.0 Å². The van der Waals surface area contributed by atoms with Crippen molar-refractivity contribution in [3.05, 3.63) is 47.0 Å². The lowest BCUT2D eigenvalue weighted by Crippen LogP contribution is -2.30. The molecule has 0 bridgehead atoms. The highest BCUT2D eigenvalue weighted by Crippen LogP contribution is 2.35. The van der Waals surface area contributed by atoms with E-state index in [4.69, 9.17) is 23.7 Å². The van der Waals surface area contributed by atoms with Crippen LogP contribution in [0.4, 0.5) is 5.69 Å². The summed E-state index contributed by atoms with van der Waals surface area (Å²) in [6, 6.07) is 10.5. The van der Waals surface area contributed by atoms with Crippen LogP contribution in [0, 0.1) is 6.92 Å². The molecule has 0 aliphatic carbocycles. The Morgan fingerprint density at radius 2 is 1.76 bits per heavy atom. The number of aryl methyl sites for hydroxylation is 1. The third-order valence-electron chi connectivity index (χ3n) is 5.08. The summed E-state index contributed by atoms with van der Waals surface area (Å²) in [6.07, 6.45) is -1.02. The molecule has 0 spiro atoms. The van der Waals surface area contributed by atoms with Gasteiger partial charge in [0, 0.05) is 17.3 Å². The second-order valence-electron chi connectivity index (χ2n) is 7.40. The van der Waals surface area contributed by atoms with Crippen LogP contribution in [0.25, 0.3) is 10.6 Å². The third-order valence-corrected chi connectivity index (χ3v) is 6.26. The van der Waals surface area contributed by atoms with Crippen LogP contribution in [-0.4, -0.2) is 50.4 Å². The molecule has 1 aliphatic rings. The van der Waals surface area contributed by atoms with E-state index in [1.807, 2.05) is 6.07 Å². The number of anilines is 1. The zero-order chi connectivity index (χ0) is 24.2. The number of thiazole rings is 1. The third kappa shape index (κ3) is 4.91. The SMILES string of the molecule is COc1ccc(-c2nc(C)c(C(=O)OC(C)C(=O)Nc3ccc4c(c3)OCCO4)s2)cc1OC. The van der Waals surface area contributed by atoms with Gasteiger partial charge in [-0.15, -0.1) is 11.3 Å². The van der Waals surface area contributed by atoms with Crippen molar-refractivity contribution in [2.24, 2.45) is 0 Å². The first-order valence-corrected chi connectivity index (χ1v) is 11.3. The van der Waals surface area contributed by atoms with Crippen LogP contribution in [0.15, 0.2) is 36.4 Å². The number of fused-ring (bicyclic) bond motifs is 1. The minimum Gasteiger partial charge on any atom is -0.493 e. The van der Waals surface area contributed by atoms with Gasteiger partial charge in [0.2, 0.25) is 0 Å². The van der Waals surface area contributed by atoms with Crippen molar-refractivity contribution in [1.82, 2.24) is 4.98 Å². The van der Waals surface area contributed by atoms with Crippen molar-refractivity contribution >= 4 is 28.9 Å². The van der Waals surface area contributed by atoms with Crippen LogP contribution in [-0.2, 0) is 9.53 Å². The summed E-state index contributed by atoms with van der Waals surface area (Å²) in [5, 5.41) is 3.35. The van der Waals surface area contributed by atoms with Crippen molar-refractivity contribution in [2.75, 3.05) is 32.8 Å². The van der Waals surface area contributed by atoms with Gasteiger partial charge < -0.3 is 29.0 Å². The minimum atomic E-state index is -1.02. The molecule has 34 heavy (non-hydrogen) atoms. The van der Waals surface area contributed by atoms with E-state index in [-0.39, 0.29) is 0 Å². The predicted octanol–water partition coefficient (Wildman–Crippen LogP) is 4.09. The number of rotatable bonds is 7. The topological polar surface area (TPSA) is 105 Å². The molecule has 1 aromatic heterocycles. The Morgan fingerprint density at radius 1 is 1.03 bits per heavy atom. The van der Waals surface area contributed by atoms with Gasteiger partial charge in [0.05, 0.1) is 19.9 Å². The molecule has 0 saturated carbocycles. The number of hydrogen-bond acceptors (Lipinski definition) is 9. The van der Waals surface area contributed by atoms with Crippen molar-refractivity contribution in [1.29, 1.82) is 0 Å². The Morgan fingerprint density at radius 3 is 2.50 bits per heavy atom. The molecule has 2 aromatic carbocycles. The molecule has 1 aliphatic heterocycles. The van der Waals surface area contributed by atoms with E-state index in [0.29, 0.717) is 57.5 Å². The number of hydrogen-bond donors (Lipinski definition) is 1. The molecule has 10 heteroatoms. The molecule has 0 fully saturated rings. The van der Waals surface area contributed by atoms with Gasteiger partial charge >= 0.3 is 5.97 Å². The smallest absolute Gasteiger partial charge is 0.351 e. The number of benzene rings is 2. The maximum Gasteiger partial charge on any atom is 0.351 e. The zero-order valence-electron chi connectivity index (χ0n) is 19.2. The molecule has 3 aromatic rings. The molecule has 0 radical (unpaired) electrons. The first kappa shape index (κ1) is 23.4. The van der Waals surface area contributed by atoms with E-state index in [1.54, 1.807) is 51.5 Å². The van der Waals surface area contributed by atoms with E-state index in [1.165, 1.54) is 18.3 Å². The summed E-state index contributed by atoms with van der Waals surface area (Å²) in [6.45, 7) is 4.16. The Labute approximate surface area is 200 Å². The molecule has 4 rings (SSSR count). The highest BCUT2D eigenvalue weighted by atomic mass is 32.1. The quantitative estimate of drug-likeness (QED) is 0.500. The Kier molecular flexibility index (Phi) is 6.87. The zero-order valence-corrected chi connectivity index (χ0v) is 20.0. The van der Waals surface area contributed by atoms with E-state index in [0.717, 1.165) is 5.56 Å². The molecule has 1 amide bonds. The van der Waals surface area contributed by atoms with Crippen molar-refractivity contribution in [2.45, 2.75) is 20.0 Å². The average molecular weight is 485 g/mol. The maximum atomic E-state index is 12.8. The van der Waals surface area contributed by atoms with Crippen molar-refractivity contribution in [3.8, 4) is 33.6 Å². The summed E-state index contributed by atoms with van der Waals surface area (Å²) < 4.78 is 27.0. The monoisotopic (exact) mass is 484 g/mol. The van der Waals surface area contributed by atoms with Crippen LogP contribution in [0.1, 0.15) is 22.3 Å². The first-order chi connectivity index (χ1) is 16.4. The van der Waals surface area contributed by atoms with Crippen molar-refractivity contribution in [3.63, 3.8) is 0 Å². The van der Waals surface area contributed by atoms with Gasteiger partial charge in [-0.05, 0) is 44.2 Å². The predicted molar refractivity (Wildman–Crippen MR) is 126 cm³/mol. The number of carbonyl (C=O) groups is 2. The normalized spacial score (nSPS) is 13.1. The first-order valence-electron chi connectivity index (χ1n) is 10.5. The molecule has 1 unspecified atom stereocenters. The molecule has 178 valence electrons. The molecular weight excluding hydrogens is 460 g/mol. The number of ether oxygens (including phenoxy) is 5. The van der Waals surface area contributed by atoms with E-state index in [9.17, 15) is 9.59 Å². The lowest BCUT2D eigenvalue weighted by molar-refractivity contribution is -0.123. The molecule has 9 nitrogen and oxygen atoms in total. The summed E-state index contributed by atoms with van der Waals surface area (Å²) in [7, 11) is 3.11. The average Bonchev–Trinajstić information content (AvgIpc) is 3.25. The fourth-order valence-electron chi connectivity index (χ4n) is 3.31. The van der Waals surface area contributed by atoms with Gasteiger partial charge in [-0.3, -0.25) is 4.79 Å². The second-order valence-corrected chi connectivity index (χ2v) is 8.40. The lowest BCUT2D eigenvalue weighted by atomic mass is 10.2. The van der Waals surface area contributed by atoms with Gasteiger partial charge in [-0.2, -0.15) is 0 Å². The number of methoxy groups -OCH3 is 2. The molecular formula is C24H24N2O7S. The van der Waals surface area contributed by atoms with E-state index in [2.05, 4.69) is 10.3 Å². The van der Waals surface area contributed by atoms with Gasteiger partial charge in [0.25, 0.3) is 5.91 Å². The number of nitrogens with one attached hydrogen (secondary N) is 1. The summed E-state index contributed by atoms with van der Waals surface area (Å²) in [4.78, 5) is 30.2. The van der Waals surface area contributed by atoms with Gasteiger partial charge in [-0.25, -0.2) is 9.78 Å². The molecule has 2 heterocycles. The second kappa shape index (κ2) is 10.0. The number of esters is 1. The van der Waals surface area contributed by atoms with Gasteiger partial charge in [0.1, 0.15) is 23.1 Å². The fourth-order valence-corrected chi connectivity index (χ4v) is 4.26. The number of carbonyl (C=O) groups excluding carboxylic acids is 2. The highest BCUT2D eigenvalue weighted by molar-refractivity contribution is 7.17. The van der Waals surface area contributed by atoms with E-state index >= 15 is 0 Å². The number of aromatic nitrogens is 1. The van der Waals surface area contributed by atoms with Crippen LogP contribution in [0.3, 0.4) is 0 Å². The Hall–Kier alpha value is -3.79. The molecule has 1 N–H and O–H groups in total. The lowest BCUT2D eigenvalue weighted by Gasteiger charge is -2.19. The maximum absolute atomic E-state index is 12.8. The minimum absolute atomic E-state index is 0.323. The van der Waals surface area contributed by atoms with Gasteiger partial charge in [0.15, 0.2) is 29.1 Å². The van der Waals surface area contributed by atoms with Crippen LogP contribution < -0.4 is 24.3 Å². The standard InChI is InChI=1S/C24H24N2O7S/c1-13-21(34-23(25-13)15-5-7-17(29-3)19(11-15)30-4)24(28)33-14(2)22(27)26-16-6-8-18-20(12-16)32-10-9-31-18/h5-8,11-12,14H,9-10H2,1-4H3,(H,26,27). The largest absolute Gasteiger partial charge is 0.493 e. The fraction of sp³-hybridized carbons (Fsp3) is 0.292. The Bertz CT molecular complexity index is 1220. The summed E-state index contributed by atoms with van der Waals surface area (Å²) in [5.74, 6) is 1.24. The van der Waals surface area contributed by atoms with Gasteiger partial charge in [-0.1, -0.05) is 0 Å². The number of amides is 1.